The number of hydrogen-bond donors (Lipinski definition) is 2. The molecule has 1 fully saturated rings. The molecular formula is C14H18FN3OS. The lowest BCUT2D eigenvalue weighted by Gasteiger charge is -2.16. The summed E-state index contributed by atoms with van der Waals surface area (Å²) >= 11 is 5.10. The molecule has 1 amide bonds. The second-order valence-corrected chi connectivity index (χ2v) is 5.11. The molecule has 6 heteroatoms. The molecule has 0 spiro atoms. The van der Waals surface area contributed by atoms with Gasteiger partial charge >= 0.3 is 0 Å². The predicted octanol–water partition coefficient (Wildman–Crippen LogP) is 2.12. The van der Waals surface area contributed by atoms with Gasteiger partial charge < -0.3 is 15.5 Å². The van der Waals surface area contributed by atoms with Crippen LogP contribution in [0.15, 0.2) is 24.3 Å². The average Bonchev–Trinajstić information content (AvgIpc) is 2.83. The van der Waals surface area contributed by atoms with Gasteiger partial charge in [-0.3, -0.25) is 4.79 Å². The Morgan fingerprint density at radius 2 is 2.20 bits per heavy atom. The summed E-state index contributed by atoms with van der Waals surface area (Å²) < 4.78 is 13.4. The first-order chi connectivity index (χ1) is 9.66. The highest BCUT2D eigenvalue weighted by molar-refractivity contribution is 7.80. The number of halogens is 1. The van der Waals surface area contributed by atoms with Gasteiger partial charge in [-0.2, -0.15) is 0 Å². The van der Waals surface area contributed by atoms with Crippen LogP contribution in [-0.4, -0.2) is 35.6 Å². The smallest absolute Gasteiger partial charge is 0.222 e. The van der Waals surface area contributed by atoms with Crippen molar-refractivity contribution in [2.24, 2.45) is 0 Å². The van der Waals surface area contributed by atoms with Gasteiger partial charge in [-0.05, 0) is 37.2 Å². The van der Waals surface area contributed by atoms with Crippen molar-refractivity contribution in [1.82, 2.24) is 10.2 Å². The van der Waals surface area contributed by atoms with Gasteiger partial charge in [0.15, 0.2) is 5.11 Å². The van der Waals surface area contributed by atoms with Crippen LogP contribution in [0.1, 0.15) is 19.3 Å². The van der Waals surface area contributed by atoms with Crippen molar-refractivity contribution in [2.75, 3.05) is 25.0 Å². The van der Waals surface area contributed by atoms with E-state index in [0.717, 1.165) is 25.9 Å². The molecule has 108 valence electrons. The molecule has 20 heavy (non-hydrogen) atoms. The molecule has 0 aliphatic carbocycles. The van der Waals surface area contributed by atoms with Gasteiger partial charge in [0.2, 0.25) is 5.91 Å². The van der Waals surface area contributed by atoms with Gasteiger partial charge in [-0.1, -0.05) is 12.1 Å². The van der Waals surface area contributed by atoms with Crippen LogP contribution in [0.4, 0.5) is 10.1 Å². The molecule has 2 rings (SSSR count). The third-order valence-corrected chi connectivity index (χ3v) is 3.43. The van der Waals surface area contributed by atoms with E-state index in [4.69, 9.17) is 12.2 Å². The van der Waals surface area contributed by atoms with Gasteiger partial charge in [0.25, 0.3) is 0 Å². The molecular weight excluding hydrogens is 277 g/mol. The van der Waals surface area contributed by atoms with E-state index in [1.54, 1.807) is 18.2 Å². The van der Waals surface area contributed by atoms with Crippen LogP contribution in [0.5, 0.6) is 0 Å². The van der Waals surface area contributed by atoms with Gasteiger partial charge in [0, 0.05) is 26.1 Å². The van der Waals surface area contributed by atoms with Crippen molar-refractivity contribution < 1.29 is 9.18 Å². The summed E-state index contributed by atoms with van der Waals surface area (Å²) in [6.45, 7) is 2.26. The molecule has 0 aromatic heterocycles. The van der Waals surface area contributed by atoms with Crippen LogP contribution in [0.25, 0.3) is 0 Å². The Morgan fingerprint density at radius 3 is 2.90 bits per heavy atom. The number of nitrogens with zero attached hydrogens (tertiary/aromatic N) is 1. The number of anilines is 1. The number of benzene rings is 1. The average molecular weight is 295 g/mol. The molecule has 4 nitrogen and oxygen atoms in total. The molecule has 1 aromatic rings. The van der Waals surface area contributed by atoms with Crippen LogP contribution >= 0.6 is 12.2 Å². The Labute approximate surface area is 123 Å². The Bertz CT molecular complexity index is 495. The maximum absolute atomic E-state index is 13.4. The van der Waals surface area contributed by atoms with Gasteiger partial charge in [0.05, 0.1) is 5.69 Å². The topological polar surface area (TPSA) is 44.4 Å². The zero-order valence-electron chi connectivity index (χ0n) is 11.2. The minimum Gasteiger partial charge on any atom is -0.362 e. The number of carbonyl (C=O) groups excluding carboxylic acids is 1. The third-order valence-electron chi connectivity index (χ3n) is 3.18. The first kappa shape index (κ1) is 14.7. The molecule has 1 heterocycles. The molecule has 1 aliphatic rings. The van der Waals surface area contributed by atoms with Crippen LogP contribution in [0.2, 0.25) is 0 Å². The van der Waals surface area contributed by atoms with Crippen molar-refractivity contribution in [3.63, 3.8) is 0 Å². The monoisotopic (exact) mass is 295 g/mol. The van der Waals surface area contributed by atoms with E-state index in [2.05, 4.69) is 10.6 Å². The standard InChI is InChI=1S/C14H18FN3OS/c15-11-5-1-2-6-12(11)17-14(20)16-8-4-10-18-9-3-7-13(18)19/h1-2,5-6H,3-4,7-10H2,(H2,16,17,20). The number of nitrogens with one attached hydrogen (secondary N) is 2. The lowest BCUT2D eigenvalue weighted by atomic mass is 10.3. The van der Waals surface area contributed by atoms with Gasteiger partial charge in [-0.15, -0.1) is 0 Å². The van der Waals surface area contributed by atoms with Crippen molar-refractivity contribution in [1.29, 1.82) is 0 Å². The molecule has 1 saturated heterocycles. The Morgan fingerprint density at radius 1 is 1.40 bits per heavy atom. The summed E-state index contributed by atoms with van der Waals surface area (Å²) in [6, 6.07) is 6.38. The van der Waals surface area contributed by atoms with E-state index >= 15 is 0 Å². The van der Waals surface area contributed by atoms with E-state index in [0.29, 0.717) is 23.8 Å². The molecule has 0 bridgehead atoms. The number of carbonyl (C=O) groups is 1. The number of thiocarbonyl (C=S) groups is 1. The molecule has 1 aliphatic heterocycles. The van der Waals surface area contributed by atoms with Crippen LogP contribution in [0, 0.1) is 5.82 Å². The SMILES string of the molecule is O=C1CCCN1CCCNC(=S)Nc1ccccc1F. The van der Waals surface area contributed by atoms with Gasteiger partial charge in [0.1, 0.15) is 5.82 Å². The van der Waals surface area contributed by atoms with E-state index < -0.39 is 0 Å². The van der Waals surface area contributed by atoms with Crippen molar-refractivity contribution in [2.45, 2.75) is 19.3 Å². The number of rotatable bonds is 5. The highest BCUT2D eigenvalue weighted by Crippen LogP contribution is 2.12. The molecule has 2 N–H and O–H groups in total. The second-order valence-electron chi connectivity index (χ2n) is 4.70. The summed E-state index contributed by atoms with van der Waals surface area (Å²) in [5.41, 5.74) is 0.361. The van der Waals surface area contributed by atoms with E-state index in [-0.39, 0.29) is 11.7 Å². The number of para-hydroxylation sites is 1. The predicted molar refractivity (Wildman–Crippen MR) is 81.1 cm³/mol. The summed E-state index contributed by atoms with van der Waals surface area (Å²) in [5.74, 6) is -0.101. The number of amides is 1. The minimum atomic E-state index is -0.334. The zero-order valence-corrected chi connectivity index (χ0v) is 12.0. The first-order valence-electron chi connectivity index (χ1n) is 6.74. The highest BCUT2D eigenvalue weighted by atomic mass is 32.1. The highest BCUT2D eigenvalue weighted by Gasteiger charge is 2.18. The summed E-state index contributed by atoms with van der Waals surface area (Å²) in [4.78, 5) is 13.3. The lowest BCUT2D eigenvalue weighted by molar-refractivity contribution is -0.127. The van der Waals surface area contributed by atoms with Gasteiger partial charge in [-0.25, -0.2) is 4.39 Å². The summed E-state index contributed by atoms with van der Waals surface area (Å²) in [5, 5.41) is 6.22. The molecule has 1 aromatic carbocycles. The fourth-order valence-electron chi connectivity index (χ4n) is 2.14. The normalized spacial score (nSPS) is 14.4. The fourth-order valence-corrected chi connectivity index (χ4v) is 2.35. The van der Waals surface area contributed by atoms with E-state index in [1.807, 2.05) is 4.90 Å². The fraction of sp³-hybridized carbons (Fsp3) is 0.429. The molecule has 0 atom stereocenters. The van der Waals surface area contributed by atoms with Crippen molar-refractivity contribution >= 4 is 28.9 Å². The zero-order chi connectivity index (χ0) is 14.4. The van der Waals surface area contributed by atoms with Crippen LogP contribution in [0.3, 0.4) is 0 Å². The third kappa shape index (κ3) is 4.16. The maximum Gasteiger partial charge on any atom is 0.222 e. The first-order valence-corrected chi connectivity index (χ1v) is 7.15. The Balaban J connectivity index is 1.65. The number of hydrogen-bond acceptors (Lipinski definition) is 2. The van der Waals surface area contributed by atoms with Crippen LogP contribution < -0.4 is 10.6 Å². The molecule has 0 unspecified atom stereocenters. The Hall–Kier alpha value is -1.69. The molecule has 0 radical (unpaired) electrons. The largest absolute Gasteiger partial charge is 0.362 e. The molecule has 0 saturated carbocycles. The van der Waals surface area contributed by atoms with E-state index in [1.165, 1.54) is 6.07 Å². The lowest BCUT2D eigenvalue weighted by Crippen LogP contribution is -2.33. The van der Waals surface area contributed by atoms with E-state index in [9.17, 15) is 9.18 Å². The van der Waals surface area contributed by atoms with Crippen molar-refractivity contribution in [3.05, 3.63) is 30.1 Å². The maximum atomic E-state index is 13.4. The Kier molecular flexibility index (Phi) is 5.29. The summed E-state index contributed by atoms with van der Waals surface area (Å²) in [7, 11) is 0. The number of likely N-dealkylation sites (tertiary alicyclic amines) is 1. The van der Waals surface area contributed by atoms with Crippen molar-refractivity contribution in [3.8, 4) is 0 Å². The van der Waals surface area contributed by atoms with Crippen LogP contribution in [-0.2, 0) is 4.79 Å². The second kappa shape index (κ2) is 7.19. The quantitative estimate of drug-likeness (QED) is 0.645. The minimum absolute atomic E-state index is 0.233. The summed E-state index contributed by atoms with van der Waals surface area (Å²) in [6.07, 6.45) is 2.45.